The van der Waals surface area contributed by atoms with Gasteiger partial charge in [0.2, 0.25) is 5.91 Å². The zero-order valence-electron chi connectivity index (χ0n) is 11.8. The van der Waals surface area contributed by atoms with Crippen molar-refractivity contribution >= 4 is 29.2 Å². The number of carbonyl (C=O) groups excluding carboxylic acids is 2. The molecule has 22 heavy (non-hydrogen) atoms. The van der Waals surface area contributed by atoms with E-state index < -0.39 is 12.1 Å². The molecule has 0 saturated heterocycles. The van der Waals surface area contributed by atoms with Gasteiger partial charge in [-0.05, 0) is 29.8 Å². The number of nitrogens with one attached hydrogen (secondary N) is 2. The van der Waals surface area contributed by atoms with Gasteiger partial charge in [-0.3, -0.25) is 4.79 Å². The highest BCUT2D eigenvalue weighted by molar-refractivity contribution is 6.30. The van der Waals surface area contributed by atoms with E-state index in [1.807, 2.05) is 30.3 Å². The van der Waals surface area contributed by atoms with Gasteiger partial charge in [0.1, 0.15) is 0 Å². The number of amides is 3. The van der Waals surface area contributed by atoms with Crippen LogP contribution >= 0.6 is 11.6 Å². The maximum absolute atomic E-state index is 12.1. The first-order valence-electron chi connectivity index (χ1n) is 6.71. The van der Waals surface area contributed by atoms with E-state index in [4.69, 9.17) is 17.3 Å². The number of nitrogens with two attached hydrogens (primary N) is 1. The van der Waals surface area contributed by atoms with Crippen molar-refractivity contribution in [2.45, 2.75) is 12.5 Å². The first kappa shape index (κ1) is 15.9. The molecular formula is C16H16ClN3O2. The van der Waals surface area contributed by atoms with Crippen LogP contribution in [0.5, 0.6) is 0 Å². The molecule has 0 fully saturated rings. The average Bonchev–Trinajstić information content (AvgIpc) is 2.49. The zero-order valence-corrected chi connectivity index (χ0v) is 12.5. The number of carbonyl (C=O) groups is 2. The maximum Gasteiger partial charge on any atom is 0.312 e. The third kappa shape index (κ3) is 4.79. The molecule has 6 heteroatoms. The van der Waals surface area contributed by atoms with Crippen LogP contribution in [0.3, 0.4) is 0 Å². The summed E-state index contributed by atoms with van der Waals surface area (Å²) in [4.78, 5) is 23.3. The summed E-state index contributed by atoms with van der Waals surface area (Å²) in [5.74, 6) is -0.232. The van der Waals surface area contributed by atoms with Crippen molar-refractivity contribution in [1.29, 1.82) is 0 Å². The van der Waals surface area contributed by atoms with Crippen LogP contribution in [-0.4, -0.2) is 11.9 Å². The molecule has 1 atom stereocenters. The Labute approximate surface area is 133 Å². The van der Waals surface area contributed by atoms with Gasteiger partial charge in [-0.2, -0.15) is 0 Å². The summed E-state index contributed by atoms with van der Waals surface area (Å²) in [7, 11) is 0. The van der Waals surface area contributed by atoms with Gasteiger partial charge in [0.15, 0.2) is 0 Å². The van der Waals surface area contributed by atoms with Crippen LogP contribution in [0.4, 0.5) is 10.5 Å². The lowest BCUT2D eigenvalue weighted by atomic mass is 10.0. The van der Waals surface area contributed by atoms with Crippen LogP contribution in [0.25, 0.3) is 0 Å². The van der Waals surface area contributed by atoms with Gasteiger partial charge < -0.3 is 16.4 Å². The molecule has 2 aromatic carbocycles. The quantitative estimate of drug-likeness (QED) is 0.791. The minimum Gasteiger partial charge on any atom is -0.352 e. The molecule has 5 nitrogen and oxygen atoms in total. The van der Waals surface area contributed by atoms with E-state index in [0.717, 1.165) is 5.56 Å². The SMILES string of the molecule is NC(=O)NC(CC(=O)Nc1ccc(Cl)cc1)c1ccccc1. The number of rotatable bonds is 5. The smallest absolute Gasteiger partial charge is 0.312 e. The summed E-state index contributed by atoms with van der Waals surface area (Å²) in [6, 6.07) is 14.8. The number of benzene rings is 2. The molecule has 114 valence electrons. The Morgan fingerprint density at radius 3 is 2.27 bits per heavy atom. The standard InChI is InChI=1S/C16H16ClN3O2/c17-12-6-8-13(9-7-12)19-15(21)10-14(20-16(18)22)11-4-2-1-3-5-11/h1-9,14H,10H2,(H,19,21)(H3,18,20,22). The molecular weight excluding hydrogens is 302 g/mol. The van der Waals surface area contributed by atoms with Gasteiger partial charge in [-0.1, -0.05) is 41.9 Å². The highest BCUT2D eigenvalue weighted by Gasteiger charge is 2.17. The van der Waals surface area contributed by atoms with E-state index in [0.29, 0.717) is 10.7 Å². The molecule has 0 aliphatic carbocycles. The van der Waals surface area contributed by atoms with Crippen LogP contribution in [0.1, 0.15) is 18.0 Å². The van der Waals surface area contributed by atoms with Gasteiger partial charge >= 0.3 is 6.03 Å². The van der Waals surface area contributed by atoms with Crippen LogP contribution in [0, 0.1) is 0 Å². The van der Waals surface area contributed by atoms with Gasteiger partial charge in [-0.15, -0.1) is 0 Å². The fourth-order valence-corrected chi connectivity index (χ4v) is 2.17. The Hall–Kier alpha value is -2.53. The van der Waals surface area contributed by atoms with Gasteiger partial charge in [0.25, 0.3) is 0 Å². The lowest BCUT2D eigenvalue weighted by Gasteiger charge is -2.17. The largest absolute Gasteiger partial charge is 0.352 e. The monoisotopic (exact) mass is 317 g/mol. The van der Waals surface area contributed by atoms with Gasteiger partial charge in [0.05, 0.1) is 12.5 Å². The highest BCUT2D eigenvalue weighted by Crippen LogP contribution is 2.18. The van der Waals surface area contributed by atoms with Crippen LogP contribution in [0.15, 0.2) is 54.6 Å². The second kappa shape index (κ2) is 7.47. The Bertz CT molecular complexity index is 644. The van der Waals surface area contributed by atoms with E-state index in [1.54, 1.807) is 24.3 Å². The Kier molecular flexibility index (Phi) is 5.38. The first-order chi connectivity index (χ1) is 10.5. The number of urea groups is 1. The first-order valence-corrected chi connectivity index (χ1v) is 7.09. The molecule has 0 spiro atoms. The van der Waals surface area contributed by atoms with Crippen LogP contribution in [0.2, 0.25) is 5.02 Å². The molecule has 3 amide bonds. The van der Waals surface area contributed by atoms with E-state index >= 15 is 0 Å². The molecule has 2 rings (SSSR count). The van der Waals surface area contributed by atoms with Crippen molar-refractivity contribution < 1.29 is 9.59 Å². The summed E-state index contributed by atoms with van der Waals surface area (Å²) in [6.45, 7) is 0. The lowest BCUT2D eigenvalue weighted by Crippen LogP contribution is -2.35. The Morgan fingerprint density at radius 1 is 1.05 bits per heavy atom. The zero-order chi connectivity index (χ0) is 15.9. The van der Waals surface area contributed by atoms with Crippen molar-refractivity contribution in [3.05, 3.63) is 65.2 Å². The highest BCUT2D eigenvalue weighted by atomic mass is 35.5. The van der Waals surface area contributed by atoms with Crippen LogP contribution in [-0.2, 0) is 4.79 Å². The topological polar surface area (TPSA) is 84.2 Å². The molecule has 0 radical (unpaired) electrons. The predicted molar refractivity (Wildman–Crippen MR) is 86.6 cm³/mol. The van der Waals surface area contributed by atoms with E-state index in [1.165, 1.54) is 0 Å². The van der Waals surface area contributed by atoms with E-state index in [9.17, 15) is 9.59 Å². The van der Waals surface area contributed by atoms with Gasteiger partial charge in [0, 0.05) is 10.7 Å². The molecule has 0 aliphatic heterocycles. The fourth-order valence-electron chi connectivity index (χ4n) is 2.04. The van der Waals surface area contributed by atoms with Crippen molar-refractivity contribution in [3.63, 3.8) is 0 Å². The lowest BCUT2D eigenvalue weighted by molar-refractivity contribution is -0.116. The number of halogens is 1. The molecule has 2 aromatic rings. The van der Waals surface area contributed by atoms with Crippen molar-refractivity contribution in [1.82, 2.24) is 5.32 Å². The number of anilines is 1. The van der Waals surface area contributed by atoms with E-state index in [-0.39, 0.29) is 12.3 Å². The Balaban J connectivity index is 2.04. The molecule has 0 aliphatic rings. The normalized spacial score (nSPS) is 11.5. The molecule has 0 aromatic heterocycles. The Morgan fingerprint density at radius 2 is 1.68 bits per heavy atom. The predicted octanol–water partition coefficient (Wildman–Crippen LogP) is 3.08. The molecule has 4 N–H and O–H groups in total. The van der Waals surface area contributed by atoms with Crippen molar-refractivity contribution in [2.75, 3.05) is 5.32 Å². The fraction of sp³-hybridized carbons (Fsp3) is 0.125. The summed E-state index contributed by atoms with van der Waals surface area (Å²) in [5.41, 5.74) is 6.63. The minimum absolute atomic E-state index is 0.0789. The second-order valence-corrected chi connectivity index (χ2v) is 5.17. The molecule has 1 unspecified atom stereocenters. The van der Waals surface area contributed by atoms with Crippen LogP contribution < -0.4 is 16.4 Å². The summed E-state index contributed by atoms with van der Waals surface area (Å²) < 4.78 is 0. The maximum atomic E-state index is 12.1. The number of hydrogen-bond donors (Lipinski definition) is 3. The third-order valence-electron chi connectivity index (χ3n) is 3.04. The minimum atomic E-state index is -0.673. The molecule has 0 bridgehead atoms. The van der Waals surface area contributed by atoms with Crippen molar-refractivity contribution in [2.24, 2.45) is 5.73 Å². The second-order valence-electron chi connectivity index (χ2n) is 4.73. The van der Waals surface area contributed by atoms with E-state index in [2.05, 4.69) is 10.6 Å². The van der Waals surface area contributed by atoms with Crippen molar-refractivity contribution in [3.8, 4) is 0 Å². The van der Waals surface area contributed by atoms with Gasteiger partial charge in [-0.25, -0.2) is 4.79 Å². The average molecular weight is 318 g/mol. The third-order valence-corrected chi connectivity index (χ3v) is 3.29. The summed E-state index contributed by atoms with van der Waals surface area (Å²) in [6.07, 6.45) is 0.0789. The summed E-state index contributed by atoms with van der Waals surface area (Å²) >= 11 is 5.80. The molecule has 0 heterocycles. The summed E-state index contributed by atoms with van der Waals surface area (Å²) in [5, 5.41) is 5.92. The number of hydrogen-bond acceptors (Lipinski definition) is 2. The molecule has 0 saturated carbocycles. The number of primary amides is 1.